The number of aliphatic hydroxyl groups excluding tert-OH is 1. The molecule has 7 heteroatoms. The first-order valence-corrected chi connectivity index (χ1v) is 6.01. The fourth-order valence-electron chi connectivity index (χ4n) is 1.89. The minimum atomic E-state index is -0.566. The summed E-state index contributed by atoms with van der Waals surface area (Å²) in [4.78, 5) is 25.1. The molecule has 0 aliphatic carbocycles. The Morgan fingerprint density at radius 1 is 1.53 bits per heavy atom. The highest BCUT2D eigenvalue weighted by molar-refractivity contribution is 6.03. The number of hydrogen-bond donors (Lipinski definition) is 2. The molecular weight excluding hydrogens is 252 g/mol. The number of carbonyl (C=O) groups excluding carboxylic acids is 2. The smallest absolute Gasteiger partial charge is 0.293 e. The third kappa shape index (κ3) is 3.63. The molecule has 1 aromatic heterocycles. The van der Waals surface area contributed by atoms with Gasteiger partial charge in [0.1, 0.15) is 0 Å². The van der Waals surface area contributed by atoms with E-state index < -0.39 is 11.8 Å². The summed E-state index contributed by atoms with van der Waals surface area (Å²) in [6.07, 6.45) is 1.36. The largest absolute Gasteiger partial charge is 0.459 e. The fourth-order valence-corrected chi connectivity index (χ4v) is 1.89. The van der Waals surface area contributed by atoms with Crippen LogP contribution in [0.2, 0.25) is 0 Å². The third-order valence-electron chi connectivity index (χ3n) is 2.90. The normalized spacial score (nSPS) is 20.2. The third-order valence-corrected chi connectivity index (χ3v) is 2.90. The fraction of sp³-hybridized carbons (Fsp3) is 0.500. The van der Waals surface area contributed by atoms with E-state index in [1.165, 1.54) is 12.3 Å². The summed E-state index contributed by atoms with van der Waals surface area (Å²) in [6.45, 7) is 1.40. The molecule has 1 aliphatic rings. The molecule has 1 aliphatic heterocycles. The van der Waals surface area contributed by atoms with E-state index in [9.17, 15) is 14.7 Å². The van der Waals surface area contributed by atoms with Crippen LogP contribution in [-0.4, -0.2) is 60.8 Å². The van der Waals surface area contributed by atoms with Crippen LogP contribution < -0.4 is 5.32 Å². The molecule has 1 fully saturated rings. The molecule has 0 saturated carbocycles. The lowest BCUT2D eigenvalue weighted by Gasteiger charge is -2.33. The van der Waals surface area contributed by atoms with Gasteiger partial charge in [-0.25, -0.2) is 0 Å². The van der Waals surface area contributed by atoms with Crippen molar-refractivity contribution < 1.29 is 23.8 Å². The Morgan fingerprint density at radius 3 is 3.05 bits per heavy atom. The van der Waals surface area contributed by atoms with Gasteiger partial charge in [0.25, 0.3) is 5.91 Å². The maximum Gasteiger partial charge on any atom is 0.293 e. The molecule has 2 rings (SSSR count). The van der Waals surface area contributed by atoms with Crippen molar-refractivity contribution in [3.05, 3.63) is 24.2 Å². The summed E-state index contributed by atoms with van der Waals surface area (Å²) in [5.41, 5.74) is 0. The molecule has 1 saturated heterocycles. The lowest BCUT2D eigenvalue weighted by Crippen LogP contribution is -2.51. The van der Waals surface area contributed by atoms with Crippen molar-refractivity contribution in [2.75, 3.05) is 32.9 Å². The lowest BCUT2D eigenvalue weighted by molar-refractivity contribution is -0.124. The number of aliphatic hydroxyl groups is 1. The van der Waals surface area contributed by atoms with Gasteiger partial charge in [0.2, 0.25) is 5.91 Å². The number of nitrogens with zero attached hydrogens (tertiary/aromatic N) is 1. The van der Waals surface area contributed by atoms with Crippen LogP contribution in [-0.2, 0) is 9.53 Å². The van der Waals surface area contributed by atoms with Gasteiger partial charge in [-0.3, -0.25) is 19.8 Å². The van der Waals surface area contributed by atoms with Gasteiger partial charge in [0, 0.05) is 6.54 Å². The molecule has 1 aromatic rings. The Balaban J connectivity index is 1.85. The highest BCUT2D eigenvalue weighted by Gasteiger charge is 2.25. The first-order valence-electron chi connectivity index (χ1n) is 6.01. The van der Waals surface area contributed by atoms with Crippen molar-refractivity contribution in [1.29, 1.82) is 0 Å². The minimum Gasteiger partial charge on any atom is -0.459 e. The van der Waals surface area contributed by atoms with Crippen LogP contribution in [0.25, 0.3) is 0 Å². The molecule has 2 amide bonds. The molecule has 104 valence electrons. The van der Waals surface area contributed by atoms with E-state index in [4.69, 9.17) is 9.15 Å². The van der Waals surface area contributed by atoms with Crippen molar-refractivity contribution in [2.24, 2.45) is 0 Å². The van der Waals surface area contributed by atoms with Crippen molar-refractivity contribution in [1.82, 2.24) is 10.2 Å². The molecule has 0 bridgehead atoms. The number of hydrogen-bond acceptors (Lipinski definition) is 6. The van der Waals surface area contributed by atoms with Crippen LogP contribution in [0, 0.1) is 0 Å². The highest BCUT2D eigenvalue weighted by atomic mass is 16.5. The van der Waals surface area contributed by atoms with Gasteiger partial charge in [0.05, 0.1) is 38.7 Å². The van der Waals surface area contributed by atoms with Crippen LogP contribution in [0.4, 0.5) is 0 Å². The quantitative estimate of drug-likeness (QED) is 0.745. The van der Waals surface area contributed by atoms with Gasteiger partial charge < -0.3 is 14.3 Å². The molecule has 7 nitrogen and oxygen atoms in total. The zero-order chi connectivity index (χ0) is 13.7. The first-order chi connectivity index (χ1) is 9.20. The Bertz CT molecular complexity index is 431. The number of ether oxygens (including phenoxy) is 1. The Hall–Kier alpha value is -1.70. The van der Waals surface area contributed by atoms with Gasteiger partial charge in [-0.05, 0) is 12.1 Å². The topological polar surface area (TPSA) is 92.0 Å². The van der Waals surface area contributed by atoms with Crippen LogP contribution in [0.3, 0.4) is 0 Å². The lowest BCUT2D eigenvalue weighted by atomic mass is 10.2. The van der Waals surface area contributed by atoms with Gasteiger partial charge in [0.15, 0.2) is 5.76 Å². The average Bonchev–Trinajstić information content (AvgIpc) is 2.93. The summed E-state index contributed by atoms with van der Waals surface area (Å²) in [5.74, 6) is -0.903. The molecule has 1 unspecified atom stereocenters. The summed E-state index contributed by atoms with van der Waals surface area (Å²) in [5, 5.41) is 11.4. The Kier molecular flexibility index (Phi) is 4.67. The van der Waals surface area contributed by atoms with Crippen LogP contribution >= 0.6 is 0 Å². The number of morpholine rings is 1. The van der Waals surface area contributed by atoms with Crippen LogP contribution in [0.15, 0.2) is 22.8 Å². The zero-order valence-corrected chi connectivity index (χ0v) is 10.4. The number of nitrogens with one attached hydrogen (secondary N) is 1. The maximum absolute atomic E-state index is 11.7. The predicted octanol–water partition coefficient (Wildman–Crippen LogP) is -0.771. The van der Waals surface area contributed by atoms with Gasteiger partial charge in [-0.15, -0.1) is 0 Å². The zero-order valence-electron chi connectivity index (χ0n) is 10.4. The van der Waals surface area contributed by atoms with E-state index in [0.717, 1.165) is 0 Å². The van der Waals surface area contributed by atoms with E-state index in [1.807, 2.05) is 0 Å². The predicted molar refractivity (Wildman–Crippen MR) is 64.4 cm³/mol. The van der Waals surface area contributed by atoms with Gasteiger partial charge in [-0.2, -0.15) is 0 Å². The number of imide groups is 1. The second-order valence-electron chi connectivity index (χ2n) is 4.24. The number of furan rings is 1. The summed E-state index contributed by atoms with van der Waals surface area (Å²) < 4.78 is 10.1. The van der Waals surface area contributed by atoms with Crippen LogP contribution in [0.5, 0.6) is 0 Å². The van der Waals surface area contributed by atoms with E-state index in [2.05, 4.69) is 5.32 Å². The molecule has 0 radical (unpaired) electrons. The second-order valence-corrected chi connectivity index (χ2v) is 4.24. The summed E-state index contributed by atoms with van der Waals surface area (Å²) >= 11 is 0. The number of amides is 2. The average molecular weight is 268 g/mol. The van der Waals surface area contributed by atoms with E-state index >= 15 is 0 Å². The van der Waals surface area contributed by atoms with E-state index in [-0.39, 0.29) is 25.0 Å². The summed E-state index contributed by atoms with van der Waals surface area (Å²) in [6, 6.07) is 2.84. The SMILES string of the molecule is O=C(CN1CCOCC1CO)NC(=O)c1ccco1. The molecule has 2 heterocycles. The molecule has 0 aromatic carbocycles. The summed E-state index contributed by atoms with van der Waals surface area (Å²) in [7, 11) is 0. The van der Waals surface area contributed by atoms with Gasteiger partial charge in [-0.1, -0.05) is 0 Å². The molecular formula is C12H16N2O5. The monoisotopic (exact) mass is 268 g/mol. The van der Waals surface area contributed by atoms with Crippen molar-refractivity contribution in [2.45, 2.75) is 6.04 Å². The number of carbonyl (C=O) groups is 2. The molecule has 0 spiro atoms. The standard InChI is InChI=1S/C12H16N2O5/c15-7-9-8-18-5-3-14(9)6-11(16)13-12(17)10-2-1-4-19-10/h1-2,4,9,15H,3,5-8H2,(H,13,16,17). The Morgan fingerprint density at radius 2 is 2.37 bits per heavy atom. The molecule has 2 N–H and O–H groups in total. The maximum atomic E-state index is 11.7. The second kappa shape index (κ2) is 6.46. The van der Waals surface area contributed by atoms with Gasteiger partial charge >= 0.3 is 0 Å². The van der Waals surface area contributed by atoms with E-state index in [1.54, 1.807) is 11.0 Å². The highest BCUT2D eigenvalue weighted by Crippen LogP contribution is 2.06. The first kappa shape index (κ1) is 13.7. The Labute approximate surface area is 110 Å². The number of rotatable bonds is 4. The van der Waals surface area contributed by atoms with Crippen molar-refractivity contribution >= 4 is 11.8 Å². The van der Waals surface area contributed by atoms with Crippen molar-refractivity contribution in [3.63, 3.8) is 0 Å². The molecule has 1 atom stereocenters. The van der Waals surface area contributed by atoms with E-state index in [0.29, 0.717) is 19.8 Å². The molecule has 19 heavy (non-hydrogen) atoms. The van der Waals surface area contributed by atoms with Crippen molar-refractivity contribution in [3.8, 4) is 0 Å². The minimum absolute atomic E-state index is 0.0427. The van der Waals surface area contributed by atoms with Crippen LogP contribution in [0.1, 0.15) is 10.6 Å².